The summed E-state index contributed by atoms with van der Waals surface area (Å²) in [7, 11) is 0. The SMILES string of the molecule is CC=CC(=O)O/C=C/C1CCCCC1. The van der Waals surface area contributed by atoms with E-state index in [1.807, 2.05) is 6.08 Å². The van der Waals surface area contributed by atoms with Gasteiger partial charge in [0.25, 0.3) is 0 Å². The van der Waals surface area contributed by atoms with Gasteiger partial charge in [0.1, 0.15) is 0 Å². The molecule has 2 heteroatoms. The molecule has 0 aromatic rings. The quantitative estimate of drug-likeness (QED) is 0.392. The van der Waals surface area contributed by atoms with Gasteiger partial charge < -0.3 is 4.74 Å². The summed E-state index contributed by atoms with van der Waals surface area (Å²) in [6.45, 7) is 1.80. The van der Waals surface area contributed by atoms with Crippen LogP contribution in [0.25, 0.3) is 0 Å². The van der Waals surface area contributed by atoms with Crippen LogP contribution in [-0.2, 0) is 9.53 Å². The van der Waals surface area contributed by atoms with E-state index in [0.29, 0.717) is 5.92 Å². The molecule has 1 saturated carbocycles. The van der Waals surface area contributed by atoms with Gasteiger partial charge in [0.15, 0.2) is 0 Å². The summed E-state index contributed by atoms with van der Waals surface area (Å²) < 4.78 is 4.88. The van der Waals surface area contributed by atoms with Crippen LogP contribution in [0.5, 0.6) is 0 Å². The number of ether oxygens (including phenoxy) is 1. The van der Waals surface area contributed by atoms with Crippen molar-refractivity contribution < 1.29 is 9.53 Å². The second-order valence-electron chi connectivity index (χ2n) is 3.66. The van der Waals surface area contributed by atoms with E-state index >= 15 is 0 Å². The third-order valence-corrected chi connectivity index (χ3v) is 2.49. The van der Waals surface area contributed by atoms with Crippen molar-refractivity contribution in [2.45, 2.75) is 39.0 Å². The predicted octanol–water partition coefficient (Wildman–Crippen LogP) is 3.20. The van der Waals surface area contributed by atoms with E-state index in [-0.39, 0.29) is 5.97 Å². The molecule has 0 atom stereocenters. The lowest BCUT2D eigenvalue weighted by Gasteiger charge is -2.17. The number of esters is 1. The Morgan fingerprint density at radius 2 is 2.00 bits per heavy atom. The van der Waals surface area contributed by atoms with Crippen molar-refractivity contribution in [3.05, 3.63) is 24.5 Å². The summed E-state index contributed by atoms with van der Waals surface area (Å²) >= 11 is 0. The number of carbonyl (C=O) groups is 1. The van der Waals surface area contributed by atoms with Gasteiger partial charge in [-0.05, 0) is 31.8 Å². The third-order valence-electron chi connectivity index (χ3n) is 2.49. The molecule has 1 aliphatic rings. The Kier molecular flexibility index (Phi) is 5.05. The van der Waals surface area contributed by atoms with Crippen molar-refractivity contribution >= 4 is 5.97 Å². The van der Waals surface area contributed by atoms with Crippen molar-refractivity contribution in [3.63, 3.8) is 0 Å². The first-order chi connectivity index (χ1) is 6.83. The number of carbonyl (C=O) groups excluding carboxylic acids is 1. The Hall–Kier alpha value is -1.05. The normalized spacial score (nSPS) is 19.2. The average molecular weight is 194 g/mol. The monoisotopic (exact) mass is 194 g/mol. The highest BCUT2D eigenvalue weighted by molar-refractivity contribution is 5.82. The van der Waals surface area contributed by atoms with E-state index < -0.39 is 0 Å². The molecule has 0 heterocycles. The van der Waals surface area contributed by atoms with Crippen LogP contribution < -0.4 is 0 Å². The minimum Gasteiger partial charge on any atom is -0.432 e. The molecule has 0 unspecified atom stereocenters. The van der Waals surface area contributed by atoms with Gasteiger partial charge in [-0.15, -0.1) is 0 Å². The molecule has 0 aliphatic heterocycles. The van der Waals surface area contributed by atoms with Gasteiger partial charge in [0.05, 0.1) is 6.26 Å². The van der Waals surface area contributed by atoms with Gasteiger partial charge in [0, 0.05) is 6.08 Å². The largest absolute Gasteiger partial charge is 0.432 e. The van der Waals surface area contributed by atoms with Gasteiger partial charge in [-0.2, -0.15) is 0 Å². The fourth-order valence-corrected chi connectivity index (χ4v) is 1.72. The molecule has 0 N–H and O–H groups in total. The maximum atomic E-state index is 10.9. The van der Waals surface area contributed by atoms with Crippen molar-refractivity contribution in [1.82, 2.24) is 0 Å². The van der Waals surface area contributed by atoms with E-state index in [0.717, 1.165) is 0 Å². The first-order valence-electron chi connectivity index (χ1n) is 5.33. The van der Waals surface area contributed by atoms with E-state index in [1.165, 1.54) is 38.2 Å². The first-order valence-corrected chi connectivity index (χ1v) is 5.33. The van der Waals surface area contributed by atoms with Crippen molar-refractivity contribution in [2.24, 2.45) is 5.92 Å². The predicted molar refractivity (Wildman–Crippen MR) is 56.6 cm³/mol. The van der Waals surface area contributed by atoms with Crippen molar-refractivity contribution in [1.29, 1.82) is 0 Å². The van der Waals surface area contributed by atoms with Gasteiger partial charge in [-0.3, -0.25) is 0 Å². The topological polar surface area (TPSA) is 26.3 Å². The molecule has 0 aromatic heterocycles. The number of hydrogen-bond acceptors (Lipinski definition) is 2. The summed E-state index contributed by atoms with van der Waals surface area (Å²) in [5.74, 6) is 0.321. The summed E-state index contributed by atoms with van der Waals surface area (Å²) in [6.07, 6.45) is 13.1. The van der Waals surface area contributed by atoms with Crippen molar-refractivity contribution in [3.8, 4) is 0 Å². The maximum absolute atomic E-state index is 10.9. The Bertz CT molecular complexity index is 222. The van der Waals surface area contributed by atoms with Crippen LogP contribution in [0.1, 0.15) is 39.0 Å². The van der Waals surface area contributed by atoms with Gasteiger partial charge >= 0.3 is 5.97 Å². The van der Waals surface area contributed by atoms with Crippen LogP contribution in [0.2, 0.25) is 0 Å². The second kappa shape index (κ2) is 6.41. The molecular formula is C12H18O2. The molecule has 1 aliphatic carbocycles. The molecule has 0 radical (unpaired) electrons. The summed E-state index contributed by atoms with van der Waals surface area (Å²) in [6, 6.07) is 0. The van der Waals surface area contributed by atoms with E-state index in [9.17, 15) is 4.79 Å². The number of hydrogen-bond donors (Lipinski definition) is 0. The standard InChI is InChI=1S/C12H18O2/c1-2-6-12(13)14-10-9-11-7-4-3-5-8-11/h2,6,9-11H,3-5,7-8H2,1H3/b6-2?,10-9+. The molecule has 0 amide bonds. The molecule has 1 fully saturated rings. The average Bonchev–Trinajstić information content (AvgIpc) is 2.20. The zero-order valence-electron chi connectivity index (χ0n) is 8.74. The molecular weight excluding hydrogens is 176 g/mol. The third kappa shape index (κ3) is 4.26. The highest BCUT2D eigenvalue weighted by Gasteiger charge is 2.09. The van der Waals surface area contributed by atoms with Crippen LogP contribution in [0.4, 0.5) is 0 Å². The van der Waals surface area contributed by atoms with Crippen LogP contribution in [0.15, 0.2) is 24.5 Å². The fourth-order valence-electron chi connectivity index (χ4n) is 1.72. The van der Waals surface area contributed by atoms with Crippen LogP contribution in [0.3, 0.4) is 0 Å². The Morgan fingerprint density at radius 3 is 2.64 bits per heavy atom. The van der Waals surface area contributed by atoms with Gasteiger partial charge in [-0.25, -0.2) is 4.79 Å². The molecule has 0 spiro atoms. The lowest BCUT2D eigenvalue weighted by atomic mass is 9.89. The molecule has 1 rings (SSSR count). The van der Waals surface area contributed by atoms with Crippen LogP contribution >= 0.6 is 0 Å². The van der Waals surface area contributed by atoms with E-state index in [1.54, 1.807) is 19.3 Å². The summed E-state index contributed by atoms with van der Waals surface area (Å²) in [4.78, 5) is 10.9. The highest BCUT2D eigenvalue weighted by Crippen LogP contribution is 2.24. The highest BCUT2D eigenvalue weighted by atomic mass is 16.5. The zero-order chi connectivity index (χ0) is 10.2. The summed E-state index contributed by atoms with van der Waals surface area (Å²) in [5, 5.41) is 0. The maximum Gasteiger partial charge on any atom is 0.335 e. The minimum atomic E-state index is -0.292. The zero-order valence-corrected chi connectivity index (χ0v) is 8.74. The first kappa shape index (κ1) is 11.0. The molecule has 0 aromatic carbocycles. The van der Waals surface area contributed by atoms with Gasteiger partial charge in [0.2, 0.25) is 0 Å². The van der Waals surface area contributed by atoms with Crippen LogP contribution in [0, 0.1) is 5.92 Å². The Labute approximate surface area is 85.6 Å². The number of allylic oxidation sites excluding steroid dienone is 2. The van der Waals surface area contributed by atoms with Crippen LogP contribution in [-0.4, -0.2) is 5.97 Å². The van der Waals surface area contributed by atoms with Gasteiger partial charge in [-0.1, -0.05) is 25.3 Å². The lowest BCUT2D eigenvalue weighted by molar-refractivity contribution is -0.132. The molecule has 78 valence electrons. The van der Waals surface area contributed by atoms with E-state index in [4.69, 9.17) is 4.74 Å². The molecule has 0 bridgehead atoms. The molecule has 0 saturated heterocycles. The van der Waals surface area contributed by atoms with Crippen molar-refractivity contribution in [2.75, 3.05) is 0 Å². The lowest BCUT2D eigenvalue weighted by Crippen LogP contribution is -2.03. The fraction of sp³-hybridized carbons (Fsp3) is 0.583. The summed E-state index contributed by atoms with van der Waals surface area (Å²) in [5.41, 5.74) is 0. The molecule has 2 nitrogen and oxygen atoms in total. The molecule has 14 heavy (non-hydrogen) atoms. The Balaban J connectivity index is 2.21. The second-order valence-corrected chi connectivity index (χ2v) is 3.66. The van der Waals surface area contributed by atoms with E-state index in [2.05, 4.69) is 0 Å². The number of rotatable bonds is 3. The minimum absolute atomic E-state index is 0.292. The smallest absolute Gasteiger partial charge is 0.335 e. The Morgan fingerprint density at radius 1 is 1.29 bits per heavy atom.